The SMILES string of the molecule is O=C(CNC(=O)[C@H](Cc1ccc(O)cc1)NC(=O)c1coc(-c2ccccc2)n1)N[C@@H](Cc1ccc(O)cc1)C(=O)O. The first-order valence-electron chi connectivity index (χ1n) is 12.9. The lowest BCUT2D eigenvalue weighted by atomic mass is 10.0. The summed E-state index contributed by atoms with van der Waals surface area (Å²) >= 11 is 0. The highest BCUT2D eigenvalue weighted by molar-refractivity contribution is 5.97. The number of hydrogen-bond acceptors (Lipinski definition) is 8. The van der Waals surface area contributed by atoms with Crippen molar-refractivity contribution in [1.29, 1.82) is 0 Å². The van der Waals surface area contributed by atoms with Crippen molar-refractivity contribution >= 4 is 23.7 Å². The lowest BCUT2D eigenvalue weighted by Crippen LogP contribution is -2.51. The number of aromatic hydroxyl groups is 2. The van der Waals surface area contributed by atoms with Crippen LogP contribution in [0.15, 0.2) is 89.5 Å². The molecule has 4 rings (SSSR count). The molecule has 0 saturated heterocycles. The van der Waals surface area contributed by atoms with Gasteiger partial charge >= 0.3 is 5.97 Å². The number of hydrogen-bond donors (Lipinski definition) is 6. The van der Waals surface area contributed by atoms with E-state index >= 15 is 0 Å². The number of rotatable bonds is 12. The maximum Gasteiger partial charge on any atom is 0.326 e. The molecule has 42 heavy (non-hydrogen) atoms. The van der Waals surface area contributed by atoms with Crippen LogP contribution in [0.3, 0.4) is 0 Å². The van der Waals surface area contributed by atoms with Crippen LogP contribution in [0.25, 0.3) is 11.5 Å². The fraction of sp³-hybridized carbons (Fsp3) is 0.167. The van der Waals surface area contributed by atoms with Gasteiger partial charge in [0.25, 0.3) is 5.91 Å². The second-order valence-corrected chi connectivity index (χ2v) is 9.35. The third-order valence-corrected chi connectivity index (χ3v) is 6.19. The van der Waals surface area contributed by atoms with E-state index in [1.165, 1.54) is 42.7 Å². The Bertz CT molecular complexity index is 1540. The van der Waals surface area contributed by atoms with Crippen LogP contribution >= 0.6 is 0 Å². The number of aliphatic carboxylic acids is 1. The minimum absolute atomic E-state index is 0.0153. The number of phenols is 2. The molecule has 6 N–H and O–H groups in total. The number of phenolic OH excluding ortho intramolecular Hbond substituents is 2. The number of benzene rings is 3. The van der Waals surface area contributed by atoms with Gasteiger partial charge in [-0.05, 0) is 47.5 Å². The zero-order valence-electron chi connectivity index (χ0n) is 22.2. The number of aromatic nitrogens is 1. The molecular weight excluding hydrogens is 544 g/mol. The van der Waals surface area contributed by atoms with E-state index in [4.69, 9.17) is 4.42 Å². The summed E-state index contributed by atoms with van der Waals surface area (Å²) in [6, 6.07) is 18.4. The second-order valence-electron chi connectivity index (χ2n) is 9.35. The van der Waals surface area contributed by atoms with Crippen molar-refractivity contribution in [3.8, 4) is 23.0 Å². The molecule has 0 spiro atoms. The Labute approximate surface area is 240 Å². The van der Waals surface area contributed by atoms with E-state index in [2.05, 4.69) is 20.9 Å². The Balaban J connectivity index is 1.41. The summed E-state index contributed by atoms with van der Waals surface area (Å²) in [7, 11) is 0. The van der Waals surface area contributed by atoms with Crippen LogP contribution in [0.2, 0.25) is 0 Å². The Kier molecular flexibility index (Phi) is 9.51. The molecule has 12 nitrogen and oxygen atoms in total. The van der Waals surface area contributed by atoms with Crippen LogP contribution in [-0.4, -0.2) is 62.6 Å². The molecule has 12 heteroatoms. The average Bonchev–Trinajstić information content (AvgIpc) is 3.48. The molecule has 0 unspecified atom stereocenters. The Morgan fingerprint density at radius 3 is 1.90 bits per heavy atom. The number of carboxylic acids is 1. The predicted octanol–water partition coefficient (Wildman–Crippen LogP) is 2.02. The van der Waals surface area contributed by atoms with Gasteiger partial charge in [0, 0.05) is 18.4 Å². The van der Waals surface area contributed by atoms with Crippen LogP contribution in [0, 0.1) is 0 Å². The van der Waals surface area contributed by atoms with E-state index in [1.54, 1.807) is 36.4 Å². The highest BCUT2D eigenvalue weighted by atomic mass is 16.4. The molecule has 1 heterocycles. The van der Waals surface area contributed by atoms with Gasteiger partial charge in [0.15, 0.2) is 5.69 Å². The zero-order chi connectivity index (χ0) is 30.1. The number of carbonyl (C=O) groups is 4. The van der Waals surface area contributed by atoms with Crippen molar-refractivity contribution in [3.63, 3.8) is 0 Å². The highest BCUT2D eigenvalue weighted by Gasteiger charge is 2.26. The van der Waals surface area contributed by atoms with Gasteiger partial charge in [0.05, 0.1) is 6.54 Å². The summed E-state index contributed by atoms with van der Waals surface area (Å²) in [5.74, 6) is -3.16. The summed E-state index contributed by atoms with van der Waals surface area (Å²) in [4.78, 5) is 54.5. The largest absolute Gasteiger partial charge is 0.508 e. The lowest BCUT2D eigenvalue weighted by Gasteiger charge is -2.19. The number of carboxylic acid groups (broad SMARTS) is 1. The van der Waals surface area contributed by atoms with Gasteiger partial charge in [-0.2, -0.15) is 0 Å². The summed E-state index contributed by atoms with van der Waals surface area (Å²) in [5, 5.41) is 35.9. The topological polar surface area (TPSA) is 191 Å². The number of carbonyl (C=O) groups excluding carboxylic acids is 3. The van der Waals surface area contributed by atoms with Crippen molar-refractivity contribution in [2.45, 2.75) is 24.9 Å². The quantitative estimate of drug-likeness (QED) is 0.147. The Hall–Kier alpha value is -5.65. The van der Waals surface area contributed by atoms with Gasteiger partial charge in [-0.3, -0.25) is 14.4 Å². The van der Waals surface area contributed by atoms with Crippen LogP contribution < -0.4 is 16.0 Å². The molecule has 0 aliphatic rings. The highest BCUT2D eigenvalue weighted by Crippen LogP contribution is 2.18. The van der Waals surface area contributed by atoms with Crippen LogP contribution in [-0.2, 0) is 27.2 Å². The molecule has 4 aromatic rings. The zero-order valence-corrected chi connectivity index (χ0v) is 22.2. The van der Waals surface area contributed by atoms with Gasteiger partial charge in [0.1, 0.15) is 29.8 Å². The summed E-state index contributed by atoms with van der Waals surface area (Å²) in [6.45, 7) is -0.553. The van der Waals surface area contributed by atoms with E-state index in [-0.39, 0.29) is 35.9 Å². The van der Waals surface area contributed by atoms with Crippen LogP contribution in [0.1, 0.15) is 21.6 Å². The molecule has 3 aromatic carbocycles. The van der Waals surface area contributed by atoms with Crippen molar-refractivity contribution in [1.82, 2.24) is 20.9 Å². The molecule has 0 radical (unpaired) electrons. The van der Waals surface area contributed by atoms with Gasteiger partial charge in [-0.15, -0.1) is 0 Å². The third kappa shape index (κ3) is 8.18. The molecule has 0 saturated carbocycles. The van der Waals surface area contributed by atoms with Crippen molar-refractivity contribution in [2.75, 3.05) is 6.54 Å². The first-order valence-corrected chi connectivity index (χ1v) is 12.9. The lowest BCUT2D eigenvalue weighted by molar-refractivity contribution is -0.141. The maximum absolute atomic E-state index is 13.1. The maximum atomic E-state index is 13.1. The first-order chi connectivity index (χ1) is 20.2. The van der Waals surface area contributed by atoms with E-state index < -0.39 is 42.3 Å². The number of amides is 3. The molecule has 0 bridgehead atoms. The van der Waals surface area contributed by atoms with Gasteiger partial charge in [0.2, 0.25) is 17.7 Å². The third-order valence-electron chi connectivity index (χ3n) is 6.19. The van der Waals surface area contributed by atoms with E-state index in [0.29, 0.717) is 16.7 Å². The Morgan fingerprint density at radius 2 is 1.33 bits per heavy atom. The van der Waals surface area contributed by atoms with Gasteiger partial charge < -0.3 is 35.7 Å². The standard InChI is InChI=1S/C30H28N4O8/c35-21-10-6-18(7-11-21)14-23(33-28(39)25-17-42-29(34-25)20-4-2-1-3-5-20)27(38)31-16-26(37)32-24(30(40)41)15-19-8-12-22(36)13-9-19/h1-13,17,23-24,35-36H,14-16H2,(H,31,38)(H,32,37)(H,33,39)(H,40,41)/t23-,24-/m0/s1. The summed E-state index contributed by atoms with van der Waals surface area (Å²) < 4.78 is 5.42. The minimum Gasteiger partial charge on any atom is -0.508 e. The van der Waals surface area contributed by atoms with Crippen molar-refractivity contribution < 1.29 is 38.9 Å². The summed E-state index contributed by atoms with van der Waals surface area (Å²) in [6.07, 6.45) is 1.14. The molecule has 0 aliphatic heterocycles. The summed E-state index contributed by atoms with van der Waals surface area (Å²) in [5.41, 5.74) is 1.78. The number of oxazole rings is 1. The van der Waals surface area contributed by atoms with Crippen LogP contribution in [0.5, 0.6) is 11.5 Å². The van der Waals surface area contributed by atoms with Gasteiger partial charge in [-0.25, -0.2) is 9.78 Å². The van der Waals surface area contributed by atoms with Gasteiger partial charge in [-0.1, -0.05) is 42.5 Å². The fourth-order valence-corrected chi connectivity index (χ4v) is 4.00. The van der Waals surface area contributed by atoms with E-state index in [9.17, 15) is 34.5 Å². The monoisotopic (exact) mass is 572 g/mol. The number of nitrogens with one attached hydrogen (secondary N) is 3. The fourth-order valence-electron chi connectivity index (χ4n) is 4.00. The second kappa shape index (κ2) is 13.6. The molecule has 0 fully saturated rings. The van der Waals surface area contributed by atoms with Crippen molar-refractivity contribution in [2.24, 2.45) is 0 Å². The first kappa shape index (κ1) is 29.3. The minimum atomic E-state index is -1.28. The van der Waals surface area contributed by atoms with Crippen molar-refractivity contribution in [3.05, 3.63) is 102 Å². The Morgan fingerprint density at radius 1 is 0.762 bits per heavy atom. The molecular formula is C30H28N4O8. The number of nitrogens with zero attached hydrogens (tertiary/aromatic N) is 1. The smallest absolute Gasteiger partial charge is 0.326 e. The predicted molar refractivity (Wildman–Crippen MR) is 149 cm³/mol. The normalized spacial score (nSPS) is 12.1. The molecule has 3 amide bonds. The molecule has 0 aliphatic carbocycles. The average molecular weight is 573 g/mol. The van der Waals surface area contributed by atoms with E-state index in [0.717, 1.165) is 0 Å². The molecule has 1 aromatic heterocycles. The molecule has 2 atom stereocenters. The molecule has 216 valence electrons. The van der Waals surface area contributed by atoms with E-state index in [1.807, 2.05) is 6.07 Å². The van der Waals surface area contributed by atoms with Crippen LogP contribution in [0.4, 0.5) is 0 Å².